The number of fused-ring (bicyclic) bond motifs is 1. The van der Waals surface area contributed by atoms with Gasteiger partial charge in [0, 0.05) is 16.6 Å². The van der Waals surface area contributed by atoms with Crippen LogP contribution in [0.2, 0.25) is 0 Å². The molecule has 0 bridgehead atoms. The molecule has 0 atom stereocenters. The van der Waals surface area contributed by atoms with Crippen LogP contribution in [0.25, 0.3) is 11.0 Å². The number of alkyl halides is 2. The van der Waals surface area contributed by atoms with E-state index in [9.17, 15) is 13.6 Å². The number of benzene rings is 2. The van der Waals surface area contributed by atoms with Crippen molar-refractivity contribution in [1.82, 2.24) is 0 Å². The zero-order valence-electron chi connectivity index (χ0n) is 13.5. The molecule has 7 heteroatoms. The van der Waals surface area contributed by atoms with Gasteiger partial charge >= 0.3 is 6.61 Å². The monoisotopic (exact) mass is 347 g/mol. The maximum absolute atomic E-state index is 12.4. The van der Waals surface area contributed by atoms with Crippen LogP contribution in [0, 0.1) is 6.92 Å². The Morgan fingerprint density at radius 1 is 1.12 bits per heavy atom. The van der Waals surface area contributed by atoms with Gasteiger partial charge in [-0.3, -0.25) is 4.79 Å². The van der Waals surface area contributed by atoms with Gasteiger partial charge in [0.2, 0.25) is 0 Å². The Balaban J connectivity index is 1.81. The van der Waals surface area contributed by atoms with E-state index >= 15 is 0 Å². The Hall–Kier alpha value is -3.09. The number of nitrogens with one attached hydrogen (secondary N) is 1. The minimum Gasteiger partial charge on any atom is -0.497 e. The van der Waals surface area contributed by atoms with E-state index in [0.717, 1.165) is 5.39 Å². The van der Waals surface area contributed by atoms with Gasteiger partial charge in [0.25, 0.3) is 5.91 Å². The predicted molar refractivity (Wildman–Crippen MR) is 88.5 cm³/mol. The molecule has 5 nitrogen and oxygen atoms in total. The Bertz CT molecular complexity index is 903. The van der Waals surface area contributed by atoms with Gasteiger partial charge in [-0.2, -0.15) is 8.78 Å². The molecule has 2 aromatic carbocycles. The molecule has 0 aliphatic rings. The van der Waals surface area contributed by atoms with Crippen molar-refractivity contribution in [2.24, 2.45) is 0 Å². The van der Waals surface area contributed by atoms with E-state index in [0.29, 0.717) is 22.6 Å². The fourth-order valence-electron chi connectivity index (χ4n) is 2.45. The van der Waals surface area contributed by atoms with Crippen molar-refractivity contribution in [1.29, 1.82) is 0 Å². The molecular weight excluding hydrogens is 332 g/mol. The smallest absolute Gasteiger partial charge is 0.387 e. The average molecular weight is 347 g/mol. The SMILES string of the molecule is COc1ccc2oc(C(=O)Nc3ccc(OC(F)F)cc3)c(C)c2c1. The molecule has 0 aliphatic carbocycles. The van der Waals surface area contributed by atoms with Gasteiger partial charge in [-0.15, -0.1) is 0 Å². The van der Waals surface area contributed by atoms with Crippen molar-refractivity contribution < 1.29 is 27.5 Å². The Kier molecular flexibility index (Phi) is 4.56. The molecule has 3 aromatic rings. The highest BCUT2D eigenvalue weighted by Gasteiger charge is 2.18. The number of ether oxygens (including phenoxy) is 2. The third-order valence-corrected chi connectivity index (χ3v) is 3.69. The van der Waals surface area contributed by atoms with Crippen LogP contribution < -0.4 is 14.8 Å². The minimum atomic E-state index is -2.89. The van der Waals surface area contributed by atoms with Crippen molar-refractivity contribution in [3.05, 3.63) is 53.8 Å². The van der Waals surface area contributed by atoms with Crippen LogP contribution in [-0.2, 0) is 0 Å². The number of methoxy groups -OCH3 is 1. The number of furan rings is 1. The van der Waals surface area contributed by atoms with E-state index in [2.05, 4.69) is 10.1 Å². The van der Waals surface area contributed by atoms with Crippen LogP contribution in [0.4, 0.5) is 14.5 Å². The first-order chi connectivity index (χ1) is 12.0. The van der Waals surface area contributed by atoms with Gasteiger partial charge in [-0.1, -0.05) is 0 Å². The Morgan fingerprint density at radius 2 is 1.80 bits per heavy atom. The molecule has 0 spiro atoms. The first-order valence-electron chi connectivity index (χ1n) is 7.41. The third-order valence-electron chi connectivity index (χ3n) is 3.69. The van der Waals surface area contributed by atoms with Crippen LogP contribution in [0.5, 0.6) is 11.5 Å². The molecule has 0 saturated carbocycles. The van der Waals surface area contributed by atoms with E-state index in [1.54, 1.807) is 32.2 Å². The lowest BCUT2D eigenvalue weighted by atomic mass is 10.1. The topological polar surface area (TPSA) is 60.7 Å². The van der Waals surface area contributed by atoms with Crippen molar-refractivity contribution in [3.63, 3.8) is 0 Å². The number of anilines is 1. The van der Waals surface area contributed by atoms with Gasteiger partial charge in [0.15, 0.2) is 5.76 Å². The molecule has 1 amide bonds. The van der Waals surface area contributed by atoms with Crippen molar-refractivity contribution in [2.45, 2.75) is 13.5 Å². The second kappa shape index (κ2) is 6.80. The summed E-state index contributed by atoms with van der Waals surface area (Å²) in [5, 5.41) is 3.44. The zero-order valence-corrected chi connectivity index (χ0v) is 13.5. The fourth-order valence-corrected chi connectivity index (χ4v) is 2.45. The minimum absolute atomic E-state index is 0.0139. The number of carbonyl (C=O) groups is 1. The van der Waals surface area contributed by atoms with Crippen LogP contribution in [0.3, 0.4) is 0 Å². The summed E-state index contributed by atoms with van der Waals surface area (Å²) in [6.45, 7) is -1.12. The van der Waals surface area contributed by atoms with E-state index < -0.39 is 12.5 Å². The van der Waals surface area contributed by atoms with Crippen LogP contribution in [-0.4, -0.2) is 19.6 Å². The first-order valence-corrected chi connectivity index (χ1v) is 7.41. The van der Waals surface area contributed by atoms with Gasteiger partial charge in [-0.05, 0) is 49.4 Å². The maximum atomic E-state index is 12.4. The molecule has 0 saturated heterocycles. The number of aryl methyl sites for hydroxylation is 1. The van der Waals surface area contributed by atoms with Crippen LogP contribution in [0.1, 0.15) is 16.1 Å². The summed E-state index contributed by atoms with van der Waals surface area (Å²) < 4.78 is 39.3. The summed E-state index contributed by atoms with van der Waals surface area (Å²) in [4.78, 5) is 12.4. The van der Waals surface area contributed by atoms with E-state index in [1.807, 2.05) is 0 Å². The number of hydrogen-bond donors (Lipinski definition) is 1. The summed E-state index contributed by atoms with van der Waals surface area (Å²) in [6, 6.07) is 10.9. The lowest BCUT2D eigenvalue weighted by Gasteiger charge is -2.07. The standard InChI is InChI=1S/C18H15F2NO4/c1-10-14-9-13(23-2)7-8-15(14)25-16(10)17(22)21-11-3-5-12(6-4-11)24-18(19)20/h3-9,18H,1-2H3,(H,21,22). The average Bonchev–Trinajstić information content (AvgIpc) is 2.92. The van der Waals surface area contributed by atoms with E-state index in [-0.39, 0.29) is 11.5 Å². The highest BCUT2D eigenvalue weighted by Crippen LogP contribution is 2.29. The van der Waals surface area contributed by atoms with E-state index in [1.165, 1.54) is 24.3 Å². The van der Waals surface area contributed by atoms with Crippen molar-refractivity contribution in [2.75, 3.05) is 12.4 Å². The number of carbonyl (C=O) groups excluding carboxylic acids is 1. The largest absolute Gasteiger partial charge is 0.497 e. The number of halogens is 2. The molecular formula is C18H15F2NO4. The fraction of sp³-hybridized carbons (Fsp3) is 0.167. The molecule has 130 valence electrons. The molecule has 0 fully saturated rings. The molecule has 0 aliphatic heterocycles. The summed E-state index contributed by atoms with van der Waals surface area (Å²) >= 11 is 0. The van der Waals surface area contributed by atoms with Crippen molar-refractivity contribution in [3.8, 4) is 11.5 Å². The summed E-state index contributed by atoms with van der Waals surface area (Å²) in [6.07, 6.45) is 0. The molecule has 1 aromatic heterocycles. The summed E-state index contributed by atoms with van der Waals surface area (Å²) in [7, 11) is 1.56. The summed E-state index contributed by atoms with van der Waals surface area (Å²) in [5.74, 6) is 0.421. The second-order valence-electron chi connectivity index (χ2n) is 5.28. The van der Waals surface area contributed by atoms with Crippen LogP contribution in [0.15, 0.2) is 46.9 Å². The predicted octanol–water partition coefficient (Wildman–Crippen LogP) is 4.60. The van der Waals surface area contributed by atoms with Gasteiger partial charge in [-0.25, -0.2) is 0 Å². The van der Waals surface area contributed by atoms with Gasteiger partial charge in [0.1, 0.15) is 17.1 Å². The van der Waals surface area contributed by atoms with E-state index in [4.69, 9.17) is 9.15 Å². The van der Waals surface area contributed by atoms with Gasteiger partial charge in [0.05, 0.1) is 7.11 Å². The first kappa shape index (κ1) is 16.8. The molecule has 25 heavy (non-hydrogen) atoms. The Labute approximate surface area is 142 Å². The zero-order chi connectivity index (χ0) is 18.0. The molecule has 1 heterocycles. The lowest BCUT2D eigenvalue weighted by Crippen LogP contribution is -2.12. The number of amides is 1. The number of hydrogen-bond acceptors (Lipinski definition) is 4. The second-order valence-corrected chi connectivity index (χ2v) is 5.28. The number of rotatable bonds is 5. The van der Waals surface area contributed by atoms with Gasteiger partial charge < -0.3 is 19.2 Å². The molecule has 3 rings (SSSR count). The van der Waals surface area contributed by atoms with Crippen LogP contribution >= 0.6 is 0 Å². The molecule has 0 radical (unpaired) electrons. The molecule has 1 N–H and O–H groups in total. The normalized spacial score (nSPS) is 10.9. The summed E-state index contributed by atoms with van der Waals surface area (Å²) in [5.41, 5.74) is 1.69. The highest BCUT2D eigenvalue weighted by molar-refractivity contribution is 6.06. The van der Waals surface area contributed by atoms with Crippen molar-refractivity contribution >= 4 is 22.6 Å². The third kappa shape index (κ3) is 3.55. The maximum Gasteiger partial charge on any atom is 0.387 e. The molecule has 0 unspecified atom stereocenters. The quantitative estimate of drug-likeness (QED) is 0.732. The Morgan fingerprint density at radius 3 is 2.44 bits per heavy atom. The highest BCUT2D eigenvalue weighted by atomic mass is 19.3. The lowest BCUT2D eigenvalue weighted by molar-refractivity contribution is -0.0498.